The van der Waals surface area contributed by atoms with Gasteiger partial charge in [-0.15, -0.1) is 0 Å². The van der Waals surface area contributed by atoms with Crippen LogP contribution in [0, 0.1) is 0 Å². The highest BCUT2D eigenvalue weighted by Crippen LogP contribution is 2.22. The second-order valence-corrected chi connectivity index (χ2v) is 6.82. The monoisotopic (exact) mass is 442 g/mol. The summed E-state index contributed by atoms with van der Waals surface area (Å²) in [6, 6.07) is 6.06. The molecule has 0 spiro atoms. The first-order valence-corrected chi connectivity index (χ1v) is 9.44. The number of aliphatic hydroxyl groups is 4. The largest absolute Gasteiger partial charge is 0.508 e. The van der Waals surface area contributed by atoms with E-state index in [1.807, 2.05) is 0 Å². The average molecular weight is 442 g/mol. The standard InChI is InChI=1S/C20H26O11/c1-11(22)28-9-14(30-16(24)7-4-12-2-5-13(23)6-3-12)10-29-20-19(27)18(26)17(25)15(8-21)31-20/h2-7,14-15,17-21,23,25-27H,8-10H2,1H3. The van der Waals surface area contributed by atoms with E-state index in [0.29, 0.717) is 5.56 Å². The smallest absolute Gasteiger partial charge is 0.331 e. The molecule has 0 saturated carbocycles. The van der Waals surface area contributed by atoms with Crippen molar-refractivity contribution in [2.75, 3.05) is 19.8 Å². The molecular weight excluding hydrogens is 416 g/mol. The Labute approximate surface area is 178 Å². The minimum Gasteiger partial charge on any atom is -0.508 e. The van der Waals surface area contributed by atoms with Crippen molar-refractivity contribution in [2.24, 2.45) is 0 Å². The summed E-state index contributed by atoms with van der Waals surface area (Å²) >= 11 is 0. The SMILES string of the molecule is CC(=O)OCC(COC1OC(CO)C(O)C(O)C1O)OC(=O)C=Cc1ccc(O)cc1. The van der Waals surface area contributed by atoms with Gasteiger partial charge in [0.1, 0.15) is 36.8 Å². The number of carbonyl (C=O) groups is 2. The van der Waals surface area contributed by atoms with Crippen LogP contribution in [0.2, 0.25) is 0 Å². The third-order valence-electron chi connectivity index (χ3n) is 4.36. The van der Waals surface area contributed by atoms with E-state index in [2.05, 4.69) is 0 Å². The van der Waals surface area contributed by atoms with Gasteiger partial charge in [-0.1, -0.05) is 12.1 Å². The number of hydrogen-bond donors (Lipinski definition) is 5. The maximum atomic E-state index is 12.1. The van der Waals surface area contributed by atoms with Gasteiger partial charge >= 0.3 is 11.9 Å². The summed E-state index contributed by atoms with van der Waals surface area (Å²) < 4.78 is 20.6. The van der Waals surface area contributed by atoms with Gasteiger partial charge in [0, 0.05) is 13.0 Å². The molecule has 0 amide bonds. The minimum atomic E-state index is -1.63. The number of phenols is 1. The number of esters is 2. The first-order valence-electron chi connectivity index (χ1n) is 9.44. The van der Waals surface area contributed by atoms with E-state index < -0.39 is 55.4 Å². The van der Waals surface area contributed by atoms with Gasteiger partial charge < -0.3 is 44.5 Å². The lowest BCUT2D eigenvalue weighted by Crippen LogP contribution is -2.59. The number of benzene rings is 1. The summed E-state index contributed by atoms with van der Waals surface area (Å²) in [4.78, 5) is 23.2. The van der Waals surface area contributed by atoms with Gasteiger partial charge in [-0.2, -0.15) is 0 Å². The van der Waals surface area contributed by atoms with Crippen LogP contribution in [0.3, 0.4) is 0 Å². The molecule has 1 saturated heterocycles. The molecule has 1 fully saturated rings. The highest BCUT2D eigenvalue weighted by Gasteiger charge is 2.44. The Morgan fingerprint density at radius 3 is 2.39 bits per heavy atom. The van der Waals surface area contributed by atoms with Crippen molar-refractivity contribution < 1.29 is 54.1 Å². The summed E-state index contributed by atoms with van der Waals surface area (Å²) in [5.41, 5.74) is 0.629. The molecule has 1 aliphatic rings. The van der Waals surface area contributed by atoms with Gasteiger partial charge in [0.05, 0.1) is 13.2 Å². The van der Waals surface area contributed by atoms with E-state index in [0.717, 1.165) is 6.08 Å². The summed E-state index contributed by atoms with van der Waals surface area (Å²) in [5.74, 6) is -1.32. The Morgan fingerprint density at radius 2 is 1.77 bits per heavy atom. The van der Waals surface area contributed by atoms with E-state index in [4.69, 9.17) is 18.9 Å². The number of phenolic OH excluding ortho intramolecular Hbond substituents is 1. The van der Waals surface area contributed by atoms with Crippen LogP contribution in [0.15, 0.2) is 30.3 Å². The summed E-state index contributed by atoms with van der Waals surface area (Å²) in [5, 5.41) is 48.1. The molecule has 11 heteroatoms. The molecule has 2 rings (SSSR count). The van der Waals surface area contributed by atoms with Crippen molar-refractivity contribution in [1.29, 1.82) is 0 Å². The number of aromatic hydroxyl groups is 1. The lowest BCUT2D eigenvalue weighted by atomic mass is 9.99. The Kier molecular flexibility index (Phi) is 9.37. The molecule has 0 radical (unpaired) electrons. The van der Waals surface area contributed by atoms with Crippen LogP contribution >= 0.6 is 0 Å². The Bertz CT molecular complexity index is 746. The average Bonchev–Trinajstić information content (AvgIpc) is 2.74. The van der Waals surface area contributed by atoms with Crippen LogP contribution in [0.4, 0.5) is 0 Å². The molecule has 0 bridgehead atoms. The van der Waals surface area contributed by atoms with E-state index >= 15 is 0 Å². The first kappa shape index (κ1) is 24.7. The van der Waals surface area contributed by atoms with Gasteiger partial charge in [0.15, 0.2) is 12.4 Å². The van der Waals surface area contributed by atoms with Crippen LogP contribution < -0.4 is 0 Å². The van der Waals surface area contributed by atoms with Crippen molar-refractivity contribution in [2.45, 2.75) is 43.7 Å². The summed E-state index contributed by atoms with van der Waals surface area (Å²) in [6.07, 6.45) is -5.89. The molecule has 172 valence electrons. The van der Waals surface area contributed by atoms with Gasteiger partial charge in [-0.05, 0) is 23.8 Å². The van der Waals surface area contributed by atoms with Crippen LogP contribution in [0.25, 0.3) is 6.08 Å². The highest BCUT2D eigenvalue weighted by molar-refractivity contribution is 5.87. The van der Waals surface area contributed by atoms with E-state index in [-0.39, 0.29) is 19.0 Å². The van der Waals surface area contributed by atoms with Gasteiger partial charge in [0.2, 0.25) is 0 Å². The van der Waals surface area contributed by atoms with Crippen LogP contribution in [0.5, 0.6) is 5.75 Å². The fraction of sp³-hybridized carbons (Fsp3) is 0.500. The fourth-order valence-corrected chi connectivity index (χ4v) is 2.69. The van der Waals surface area contributed by atoms with Crippen molar-refractivity contribution in [3.63, 3.8) is 0 Å². The van der Waals surface area contributed by atoms with Gasteiger partial charge in [-0.3, -0.25) is 4.79 Å². The zero-order valence-corrected chi connectivity index (χ0v) is 16.7. The molecule has 0 aromatic heterocycles. The lowest BCUT2D eigenvalue weighted by molar-refractivity contribution is -0.305. The third-order valence-corrected chi connectivity index (χ3v) is 4.36. The molecule has 31 heavy (non-hydrogen) atoms. The molecular formula is C20H26O11. The van der Waals surface area contributed by atoms with Gasteiger partial charge in [0.25, 0.3) is 0 Å². The number of ether oxygens (including phenoxy) is 4. The van der Waals surface area contributed by atoms with Gasteiger partial charge in [-0.25, -0.2) is 4.79 Å². The highest BCUT2D eigenvalue weighted by atomic mass is 16.7. The Hall–Kier alpha value is -2.54. The van der Waals surface area contributed by atoms with Crippen molar-refractivity contribution in [3.05, 3.63) is 35.9 Å². The molecule has 5 N–H and O–H groups in total. The molecule has 1 heterocycles. The van der Waals surface area contributed by atoms with E-state index in [1.54, 1.807) is 12.1 Å². The lowest BCUT2D eigenvalue weighted by Gasteiger charge is -2.39. The van der Waals surface area contributed by atoms with E-state index in [1.165, 1.54) is 25.1 Å². The van der Waals surface area contributed by atoms with Crippen molar-refractivity contribution >= 4 is 18.0 Å². The summed E-state index contributed by atoms with van der Waals surface area (Å²) in [7, 11) is 0. The molecule has 6 unspecified atom stereocenters. The fourth-order valence-electron chi connectivity index (χ4n) is 2.69. The third kappa shape index (κ3) is 7.58. The zero-order valence-electron chi connectivity index (χ0n) is 16.7. The number of carbonyl (C=O) groups excluding carboxylic acids is 2. The molecule has 11 nitrogen and oxygen atoms in total. The number of rotatable bonds is 9. The maximum absolute atomic E-state index is 12.1. The predicted molar refractivity (Wildman–Crippen MR) is 103 cm³/mol. The van der Waals surface area contributed by atoms with Crippen LogP contribution in [-0.2, 0) is 28.5 Å². The van der Waals surface area contributed by atoms with Crippen molar-refractivity contribution in [3.8, 4) is 5.75 Å². The number of aliphatic hydroxyl groups excluding tert-OH is 4. The zero-order chi connectivity index (χ0) is 23.0. The molecule has 1 aliphatic heterocycles. The second-order valence-electron chi connectivity index (χ2n) is 6.82. The quantitative estimate of drug-likeness (QED) is 0.227. The number of hydrogen-bond acceptors (Lipinski definition) is 11. The second kappa shape index (κ2) is 11.7. The Balaban J connectivity index is 1.96. The molecule has 0 aliphatic carbocycles. The first-order chi connectivity index (χ1) is 14.7. The summed E-state index contributed by atoms with van der Waals surface area (Å²) in [6.45, 7) is -0.179. The van der Waals surface area contributed by atoms with Crippen LogP contribution in [-0.4, -0.2) is 94.1 Å². The van der Waals surface area contributed by atoms with Crippen molar-refractivity contribution in [1.82, 2.24) is 0 Å². The Morgan fingerprint density at radius 1 is 1.10 bits per heavy atom. The predicted octanol–water partition coefficient (Wildman–Crippen LogP) is -1.30. The molecule has 1 aromatic carbocycles. The normalized spacial score (nSPS) is 27.1. The van der Waals surface area contributed by atoms with Crippen LogP contribution in [0.1, 0.15) is 12.5 Å². The van der Waals surface area contributed by atoms with E-state index in [9.17, 15) is 35.1 Å². The maximum Gasteiger partial charge on any atom is 0.331 e. The molecule has 6 atom stereocenters. The minimum absolute atomic E-state index is 0.0755. The topological polar surface area (TPSA) is 172 Å². The molecule has 1 aromatic rings.